The standard InChI is InChI=1S/C10H23NS/c1-5-7-10(6-2)8-11-12-9(3)4/h9-11H,5-8H2,1-4H3. The molecule has 0 spiro atoms. The summed E-state index contributed by atoms with van der Waals surface area (Å²) in [6.07, 6.45) is 3.98. The first-order valence-corrected chi connectivity index (χ1v) is 5.97. The zero-order chi connectivity index (χ0) is 9.40. The third-order valence-electron chi connectivity index (χ3n) is 1.97. The van der Waals surface area contributed by atoms with Crippen LogP contribution in [0, 0.1) is 5.92 Å². The Morgan fingerprint density at radius 3 is 2.33 bits per heavy atom. The van der Waals surface area contributed by atoms with Crippen molar-refractivity contribution < 1.29 is 0 Å². The minimum Gasteiger partial charge on any atom is -0.264 e. The van der Waals surface area contributed by atoms with Crippen molar-refractivity contribution in [3.63, 3.8) is 0 Å². The molecule has 0 saturated heterocycles. The van der Waals surface area contributed by atoms with Crippen LogP contribution in [0.5, 0.6) is 0 Å². The monoisotopic (exact) mass is 189 g/mol. The number of rotatable bonds is 7. The molecule has 0 aliphatic carbocycles. The molecule has 1 unspecified atom stereocenters. The predicted octanol–water partition coefficient (Wildman–Crippen LogP) is 3.46. The molecule has 0 fully saturated rings. The summed E-state index contributed by atoms with van der Waals surface area (Å²) >= 11 is 1.85. The van der Waals surface area contributed by atoms with Gasteiger partial charge in [-0.3, -0.25) is 4.72 Å². The Hall–Kier alpha value is 0.310. The highest BCUT2D eigenvalue weighted by Crippen LogP contribution is 2.11. The summed E-state index contributed by atoms with van der Waals surface area (Å²) < 4.78 is 3.44. The zero-order valence-corrected chi connectivity index (χ0v) is 9.71. The summed E-state index contributed by atoms with van der Waals surface area (Å²) in [4.78, 5) is 0. The summed E-state index contributed by atoms with van der Waals surface area (Å²) in [6.45, 7) is 10.2. The third kappa shape index (κ3) is 6.99. The van der Waals surface area contributed by atoms with Gasteiger partial charge in [0.05, 0.1) is 0 Å². The van der Waals surface area contributed by atoms with Crippen LogP contribution in [0.3, 0.4) is 0 Å². The van der Waals surface area contributed by atoms with Crippen LogP contribution in [0.2, 0.25) is 0 Å². The predicted molar refractivity (Wildman–Crippen MR) is 59.4 cm³/mol. The van der Waals surface area contributed by atoms with Gasteiger partial charge in [0.2, 0.25) is 0 Å². The van der Waals surface area contributed by atoms with Crippen molar-refractivity contribution in [3.05, 3.63) is 0 Å². The second kappa shape index (κ2) is 7.93. The van der Waals surface area contributed by atoms with E-state index in [4.69, 9.17) is 0 Å². The molecule has 1 nitrogen and oxygen atoms in total. The van der Waals surface area contributed by atoms with Crippen LogP contribution in [-0.4, -0.2) is 11.8 Å². The lowest BCUT2D eigenvalue weighted by Gasteiger charge is -2.14. The quantitative estimate of drug-likeness (QED) is 0.616. The van der Waals surface area contributed by atoms with Crippen LogP contribution >= 0.6 is 11.9 Å². The van der Waals surface area contributed by atoms with Gasteiger partial charge in [-0.25, -0.2) is 0 Å². The molecule has 1 atom stereocenters. The summed E-state index contributed by atoms with van der Waals surface area (Å²) in [5.74, 6) is 0.876. The average molecular weight is 189 g/mol. The molecule has 0 bridgehead atoms. The third-order valence-corrected chi connectivity index (χ3v) is 2.77. The van der Waals surface area contributed by atoms with E-state index in [0.717, 1.165) is 5.92 Å². The van der Waals surface area contributed by atoms with E-state index in [2.05, 4.69) is 32.4 Å². The molecule has 0 heterocycles. The van der Waals surface area contributed by atoms with Crippen LogP contribution in [-0.2, 0) is 0 Å². The minimum absolute atomic E-state index is 0.698. The van der Waals surface area contributed by atoms with Gasteiger partial charge < -0.3 is 0 Å². The Bertz CT molecular complexity index is 93.8. The lowest BCUT2D eigenvalue weighted by Crippen LogP contribution is -2.18. The summed E-state index contributed by atoms with van der Waals surface area (Å²) in [5.41, 5.74) is 0. The first-order chi connectivity index (χ1) is 5.70. The highest BCUT2D eigenvalue weighted by molar-refractivity contribution is 7.97. The van der Waals surface area contributed by atoms with E-state index in [9.17, 15) is 0 Å². The van der Waals surface area contributed by atoms with Gasteiger partial charge in [0.15, 0.2) is 0 Å². The summed E-state index contributed by atoms with van der Waals surface area (Å²) in [6, 6.07) is 0. The molecule has 0 aromatic carbocycles. The molecule has 0 aromatic rings. The van der Waals surface area contributed by atoms with Gasteiger partial charge in [-0.2, -0.15) is 0 Å². The van der Waals surface area contributed by atoms with Crippen LogP contribution in [0.4, 0.5) is 0 Å². The van der Waals surface area contributed by atoms with Gasteiger partial charge in [-0.15, -0.1) is 0 Å². The highest BCUT2D eigenvalue weighted by Gasteiger charge is 2.04. The van der Waals surface area contributed by atoms with Crippen LogP contribution in [0.1, 0.15) is 47.0 Å². The molecule has 0 rings (SSSR count). The van der Waals surface area contributed by atoms with E-state index >= 15 is 0 Å². The van der Waals surface area contributed by atoms with E-state index in [1.165, 1.54) is 25.8 Å². The van der Waals surface area contributed by atoms with Crippen molar-refractivity contribution in [1.82, 2.24) is 4.72 Å². The van der Waals surface area contributed by atoms with E-state index in [1.54, 1.807) is 0 Å². The molecule has 0 radical (unpaired) electrons. The topological polar surface area (TPSA) is 12.0 Å². The maximum atomic E-state index is 3.44. The Labute approximate surface area is 81.8 Å². The Balaban J connectivity index is 3.31. The molecule has 0 aliphatic rings. The van der Waals surface area contributed by atoms with Crippen molar-refractivity contribution in [3.8, 4) is 0 Å². The summed E-state index contributed by atoms with van der Waals surface area (Å²) in [5, 5.41) is 0.698. The molecule has 0 amide bonds. The molecule has 2 heteroatoms. The van der Waals surface area contributed by atoms with Crippen LogP contribution in [0.25, 0.3) is 0 Å². The Morgan fingerprint density at radius 2 is 1.92 bits per heavy atom. The fraction of sp³-hybridized carbons (Fsp3) is 1.00. The Kier molecular flexibility index (Phi) is 8.14. The van der Waals surface area contributed by atoms with Gasteiger partial charge in [0.1, 0.15) is 0 Å². The first kappa shape index (κ1) is 12.3. The molecule has 0 saturated carbocycles. The van der Waals surface area contributed by atoms with Crippen molar-refractivity contribution in [2.75, 3.05) is 6.54 Å². The zero-order valence-electron chi connectivity index (χ0n) is 8.89. The largest absolute Gasteiger partial charge is 0.264 e. The SMILES string of the molecule is CCCC(CC)CNSC(C)C. The molecule has 0 aromatic heterocycles. The average Bonchev–Trinajstić information content (AvgIpc) is 2.02. The van der Waals surface area contributed by atoms with Crippen LogP contribution in [0.15, 0.2) is 0 Å². The lowest BCUT2D eigenvalue weighted by atomic mass is 10.0. The second-order valence-electron chi connectivity index (χ2n) is 3.58. The van der Waals surface area contributed by atoms with Gasteiger partial charge in [-0.1, -0.05) is 52.5 Å². The van der Waals surface area contributed by atoms with Crippen molar-refractivity contribution in [2.24, 2.45) is 5.92 Å². The fourth-order valence-corrected chi connectivity index (χ4v) is 1.86. The number of hydrogen-bond donors (Lipinski definition) is 1. The maximum absolute atomic E-state index is 3.44. The second-order valence-corrected chi connectivity index (χ2v) is 5.05. The van der Waals surface area contributed by atoms with Gasteiger partial charge >= 0.3 is 0 Å². The van der Waals surface area contributed by atoms with Gasteiger partial charge in [0, 0.05) is 11.8 Å². The molecule has 0 aliphatic heterocycles. The van der Waals surface area contributed by atoms with Crippen LogP contribution < -0.4 is 4.72 Å². The molecular formula is C10H23NS. The Morgan fingerprint density at radius 1 is 1.25 bits per heavy atom. The smallest absolute Gasteiger partial charge is 0.0136 e. The molecule has 1 N–H and O–H groups in total. The van der Waals surface area contributed by atoms with Crippen molar-refractivity contribution in [1.29, 1.82) is 0 Å². The van der Waals surface area contributed by atoms with Gasteiger partial charge in [-0.05, 0) is 12.3 Å². The minimum atomic E-state index is 0.698. The normalized spacial score (nSPS) is 13.8. The molecule has 12 heavy (non-hydrogen) atoms. The van der Waals surface area contributed by atoms with E-state index in [1.807, 2.05) is 11.9 Å². The molecular weight excluding hydrogens is 166 g/mol. The van der Waals surface area contributed by atoms with E-state index in [0.29, 0.717) is 5.25 Å². The number of hydrogen-bond acceptors (Lipinski definition) is 2. The van der Waals surface area contributed by atoms with Crippen molar-refractivity contribution in [2.45, 2.75) is 52.2 Å². The first-order valence-electron chi connectivity index (χ1n) is 5.09. The van der Waals surface area contributed by atoms with E-state index in [-0.39, 0.29) is 0 Å². The lowest BCUT2D eigenvalue weighted by molar-refractivity contribution is 0.464. The fourth-order valence-electron chi connectivity index (χ4n) is 1.19. The van der Waals surface area contributed by atoms with E-state index < -0.39 is 0 Å². The number of nitrogens with one attached hydrogen (secondary N) is 1. The van der Waals surface area contributed by atoms with Crippen molar-refractivity contribution >= 4 is 11.9 Å². The maximum Gasteiger partial charge on any atom is 0.0136 e. The highest BCUT2D eigenvalue weighted by atomic mass is 32.2. The summed E-state index contributed by atoms with van der Waals surface area (Å²) in [7, 11) is 0. The molecule has 74 valence electrons. The van der Waals surface area contributed by atoms with Gasteiger partial charge in [0.25, 0.3) is 0 Å².